The Hall–Kier alpha value is -3.41. The van der Waals surface area contributed by atoms with E-state index in [0.29, 0.717) is 22.7 Å². The number of benzene rings is 2. The van der Waals surface area contributed by atoms with E-state index in [1.54, 1.807) is 36.4 Å². The van der Waals surface area contributed by atoms with Crippen LogP contribution in [-0.2, 0) is 0 Å². The van der Waals surface area contributed by atoms with Crippen LogP contribution in [-0.4, -0.2) is 15.9 Å². The molecule has 0 saturated heterocycles. The highest BCUT2D eigenvalue weighted by atomic mass is 16.5. The molecular weight excluding hydrogens is 292 g/mol. The molecule has 3 rings (SSSR count). The Bertz CT molecular complexity index is 787. The number of nitrogens with two attached hydrogens (primary N) is 1. The van der Waals surface area contributed by atoms with E-state index in [-0.39, 0.29) is 11.9 Å². The van der Waals surface area contributed by atoms with E-state index in [1.807, 2.05) is 18.2 Å². The summed E-state index contributed by atoms with van der Waals surface area (Å²) in [5.41, 5.74) is 7.22. The van der Waals surface area contributed by atoms with Crippen LogP contribution in [0.3, 0.4) is 0 Å². The number of anilines is 2. The molecular formula is C17H14N4O2. The maximum Gasteiger partial charge on any atom is 0.321 e. The zero-order chi connectivity index (χ0) is 16.1. The maximum absolute atomic E-state index is 12.1. The number of amides is 1. The number of nitrogens with zero attached hydrogens (tertiary/aromatic N) is 2. The molecule has 114 valence electrons. The molecule has 0 spiro atoms. The highest BCUT2D eigenvalue weighted by Crippen LogP contribution is 2.17. The van der Waals surface area contributed by atoms with Gasteiger partial charge in [-0.1, -0.05) is 18.2 Å². The van der Waals surface area contributed by atoms with E-state index in [1.165, 1.54) is 12.4 Å². The van der Waals surface area contributed by atoms with Gasteiger partial charge in [-0.3, -0.25) is 4.79 Å². The van der Waals surface area contributed by atoms with E-state index < -0.39 is 0 Å². The Balaban J connectivity index is 1.66. The van der Waals surface area contributed by atoms with Gasteiger partial charge in [0.05, 0.1) is 5.56 Å². The molecule has 1 aromatic heterocycles. The molecule has 3 aromatic rings. The van der Waals surface area contributed by atoms with Crippen LogP contribution < -0.4 is 15.8 Å². The van der Waals surface area contributed by atoms with Gasteiger partial charge in [-0.15, -0.1) is 0 Å². The molecule has 0 atom stereocenters. The minimum absolute atomic E-state index is 0.181. The number of carbonyl (C=O) groups excluding carboxylic acids is 1. The maximum atomic E-state index is 12.1. The molecule has 2 aromatic carbocycles. The number of nitrogens with one attached hydrogen (secondary N) is 1. The van der Waals surface area contributed by atoms with Crippen LogP contribution in [0.4, 0.5) is 11.4 Å². The van der Waals surface area contributed by atoms with Gasteiger partial charge in [0.2, 0.25) is 0 Å². The van der Waals surface area contributed by atoms with Gasteiger partial charge in [0.1, 0.15) is 5.75 Å². The van der Waals surface area contributed by atoms with Crippen molar-refractivity contribution < 1.29 is 9.53 Å². The lowest BCUT2D eigenvalue weighted by molar-refractivity contribution is 0.102. The van der Waals surface area contributed by atoms with Crippen LogP contribution in [0.15, 0.2) is 67.0 Å². The molecule has 0 radical (unpaired) electrons. The van der Waals surface area contributed by atoms with E-state index in [9.17, 15) is 4.79 Å². The molecule has 0 aliphatic rings. The van der Waals surface area contributed by atoms with Crippen LogP contribution in [0.25, 0.3) is 0 Å². The molecule has 6 heteroatoms. The van der Waals surface area contributed by atoms with Gasteiger partial charge >= 0.3 is 6.01 Å². The van der Waals surface area contributed by atoms with Crippen molar-refractivity contribution in [1.29, 1.82) is 0 Å². The van der Waals surface area contributed by atoms with Crippen molar-refractivity contribution in [2.75, 3.05) is 11.1 Å². The number of ether oxygens (including phenoxy) is 1. The number of hydrogen-bond donors (Lipinski definition) is 2. The normalized spacial score (nSPS) is 10.1. The van der Waals surface area contributed by atoms with E-state index >= 15 is 0 Å². The second-order valence-electron chi connectivity index (χ2n) is 4.75. The minimum Gasteiger partial charge on any atom is -0.424 e. The summed E-state index contributed by atoms with van der Waals surface area (Å²) in [6.45, 7) is 0. The van der Waals surface area contributed by atoms with Crippen molar-refractivity contribution in [3.8, 4) is 11.8 Å². The first-order chi connectivity index (χ1) is 11.2. The lowest BCUT2D eigenvalue weighted by Gasteiger charge is -2.06. The van der Waals surface area contributed by atoms with Crippen molar-refractivity contribution in [3.05, 3.63) is 72.6 Å². The molecule has 1 amide bonds. The summed E-state index contributed by atoms with van der Waals surface area (Å²) in [6, 6.07) is 16.2. The van der Waals surface area contributed by atoms with Gasteiger partial charge in [-0.05, 0) is 36.4 Å². The molecule has 0 fully saturated rings. The summed E-state index contributed by atoms with van der Waals surface area (Å²) in [5.74, 6) is 0.326. The van der Waals surface area contributed by atoms with Crippen molar-refractivity contribution in [3.63, 3.8) is 0 Å². The van der Waals surface area contributed by atoms with Gasteiger partial charge in [0, 0.05) is 23.8 Å². The SMILES string of the molecule is Nc1ccc(NC(=O)c2cnc(Oc3ccccc3)nc2)cc1. The van der Waals surface area contributed by atoms with Gasteiger partial charge < -0.3 is 15.8 Å². The fourth-order valence-electron chi connectivity index (χ4n) is 1.85. The van der Waals surface area contributed by atoms with Gasteiger partial charge in [-0.25, -0.2) is 9.97 Å². The number of aromatic nitrogens is 2. The molecule has 0 bridgehead atoms. The third-order valence-corrected chi connectivity index (χ3v) is 3.01. The molecule has 0 aliphatic heterocycles. The molecule has 23 heavy (non-hydrogen) atoms. The number of para-hydroxylation sites is 1. The van der Waals surface area contributed by atoms with E-state index in [2.05, 4.69) is 15.3 Å². The number of carbonyl (C=O) groups is 1. The van der Waals surface area contributed by atoms with Gasteiger partial charge in [0.25, 0.3) is 5.91 Å². The van der Waals surface area contributed by atoms with E-state index in [4.69, 9.17) is 10.5 Å². The highest BCUT2D eigenvalue weighted by Gasteiger charge is 2.08. The Labute approximate surface area is 133 Å². The van der Waals surface area contributed by atoms with Crippen molar-refractivity contribution in [2.45, 2.75) is 0 Å². The predicted molar refractivity (Wildman–Crippen MR) is 87.4 cm³/mol. The summed E-state index contributed by atoms with van der Waals surface area (Å²) in [6.07, 6.45) is 2.83. The Morgan fingerprint density at radius 1 is 0.957 bits per heavy atom. The molecule has 1 heterocycles. The van der Waals surface area contributed by atoms with Gasteiger partial charge in [-0.2, -0.15) is 0 Å². The number of hydrogen-bond acceptors (Lipinski definition) is 5. The zero-order valence-corrected chi connectivity index (χ0v) is 12.1. The summed E-state index contributed by atoms with van der Waals surface area (Å²) in [4.78, 5) is 20.2. The lowest BCUT2D eigenvalue weighted by atomic mass is 10.2. The summed E-state index contributed by atoms with van der Waals surface area (Å²) < 4.78 is 5.48. The third kappa shape index (κ3) is 3.82. The topological polar surface area (TPSA) is 90.1 Å². The average molecular weight is 306 g/mol. The van der Waals surface area contributed by atoms with Gasteiger partial charge in [0.15, 0.2) is 0 Å². The smallest absolute Gasteiger partial charge is 0.321 e. The Morgan fingerprint density at radius 3 is 2.26 bits per heavy atom. The average Bonchev–Trinajstić information content (AvgIpc) is 2.58. The van der Waals surface area contributed by atoms with Crippen LogP contribution in [0, 0.1) is 0 Å². The summed E-state index contributed by atoms with van der Waals surface area (Å²) in [7, 11) is 0. The molecule has 3 N–H and O–H groups in total. The second kappa shape index (κ2) is 6.57. The predicted octanol–water partition coefficient (Wildman–Crippen LogP) is 3.10. The first-order valence-electron chi connectivity index (χ1n) is 6.92. The zero-order valence-electron chi connectivity index (χ0n) is 12.1. The molecule has 6 nitrogen and oxygen atoms in total. The largest absolute Gasteiger partial charge is 0.424 e. The van der Waals surface area contributed by atoms with E-state index in [0.717, 1.165) is 0 Å². The highest BCUT2D eigenvalue weighted by molar-refractivity contribution is 6.03. The van der Waals surface area contributed by atoms with Crippen LogP contribution in [0.2, 0.25) is 0 Å². The second-order valence-corrected chi connectivity index (χ2v) is 4.75. The first-order valence-corrected chi connectivity index (χ1v) is 6.92. The third-order valence-electron chi connectivity index (χ3n) is 3.01. The van der Waals surface area contributed by atoms with Crippen LogP contribution >= 0.6 is 0 Å². The minimum atomic E-state index is -0.305. The fraction of sp³-hybridized carbons (Fsp3) is 0. The van der Waals surface area contributed by atoms with Crippen molar-refractivity contribution in [1.82, 2.24) is 9.97 Å². The Kier molecular flexibility index (Phi) is 4.15. The Morgan fingerprint density at radius 2 is 1.61 bits per heavy atom. The van der Waals surface area contributed by atoms with Crippen molar-refractivity contribution >= 4 is 17.3 Å². The fourth-order valence-corrected chi connectivity index (χ4v) is 1.85. The number of rotatable bonds is 4. The monoisotopic (exact) mass is 306 g/mol. The standard InChI is InChI=1S/C17H14N4O2/c18-13-6-8-14(9-7-13)21-16(22)12-10-19-17(20-11-12)23-15-4-2-1-3-5-15/h1-11H,18H2,(H,21,22). The molecule has 0 unspecified atom stereocenters. The molecule has 0 saturated carbocycles. The quantitative estimate of drug-likeness (QED) is 0.723. The number of nitrogen functional groups attached to an aromatic ring is 1. The van der Waals surface area contributed by atoms with Crippen molar-refractivity contribution in [2.24, 2.45) is 0 Å². The molecule has 0 aliphatic carbocycles. The first kappa shape index (κ1) is 14.5. The summed E-state index contributed by atoms with van der Waals surface area (Å²) in [5, 5.41) is 2.74. The van der Waals surface area contributed by atoms with Crippen LogP contribution in [0.5, 0.6) is 11.8 Å². The summed E-state index contributed by atoms with van der Waals surface area (Å²) >= 11 is 0. The lowest BCUT2D eigenvalue weighted by Crippen LogP contribution is -2.12. The van der Waals surface area contributed by atoms with Crippen LogP contribution in [0.1, 0.15) is 10.4 Å².